The van der Waals surface area contributed by atoms with E-state index in [1.807, 2.05) is 21.1 Å². The second-order valence-electron chi connectivity index (χ2n) is 15.7. The normalized spacial score (nSPS) is 13.8. The quantitative estimate of drug-likeness (QED) is 0.0200. The molecule has 0 aliphatic carbocycles. The fraction of sp³-hybridized carbons (Fsp3) is 0.860. The second kappa shape index (κ2) is 36.1. The lowest BCUT2D eigenvalue weighted by molar-refractivity contribution is -0.870. The van der Waals surface area contributed by atoms with Crippen LogP contribution in [0.3, 0.4) is 0 Å². The van der Waals surface area contributed by atoms with E-state index < -0.39 is 32.5 Å². The molecular weight excluding hydrogens is 689 g/mol. The van der Waals surface area contributed by atoms with E-state index >= 15 is 0 Å². The Bertz CT molecular complexity index is 964. The summed E-state index contributed by atoms with van der Waals surface area (Å²) in [5.74, 6) is -0.845. The molecule has 0 aromatic carbocycles. The van der Waals surface area contributed by atoms with Gasteiger partial charge in [0.25, 0.3) is 7.82 Å². The molecular formula is C43H82NO8P. The zero-order chi connectivity index (χ0) is 39.3. The Morgan fingerprint density at radius 3 is 1.53 bits per heavy atom. The molecule has 0 spiro atoms. The average Bonchev–Trinajstić information content (AvgIpc) is 3.10. The van der Waals surface area contributed by atoms with E-state index in [1.54, 1.807) is 0 Å². The van der Waals surface area contributed by atoms with Crippen molar-refractivity contribution < 1.29 is 42.1 Å². The number of allylic oxidation sites excluding steroid dienone is 4. The first-order valence-corrected chi connectivity index (χ1v) is 23.0. The van der Waals surface area contributed by atoms with Crippen molar-refractivity contribution in [3.63, 3.8) is 0 Å². The maximum atomic E-state index is 12.6. The topological polar surface area (TPSA) is 111 Å². The van der Waals surface area contributed by atoms with E-state index in [2.05, 4.69) is 38.2 Å². The summed E-state index contributed by atoms with van der Waals surface area (Å²) in [5.41, 5.74) is 0. The first-order valence-electron chi connectivity index (χ1n) is 21.5. The molecule has 0 aromatic heterocycles. The van der Waals surface area contributed by atoms with Crippen molar-refractivity contribution in [2.24, 2.45) is 0 Å². The monoisotopic (exact) mass is 772 g/mol. The van der Waals surface area contributed by atoms with Crippen molar-refractivity contribution in [2.45, 2.75) is 193 Å². The molecule has 2 atom stereocenters. The molecule has 2 unspecified atom stereocenters. The first kappa shape index (κ1) is 51.5. The summed E-state index contributed by atoms with van der Waals surface area (Å²) < 4.78 is 33.9. The maximum absolute atomic E-state index is 12.6. The van der Waals surface area contributed by atoms with Gasteiger partial charge in [-0.15, -0.1) is 0 Å². The van der Waals surface area contributed by atoms with E-state index in [9.17, 15) is 19.0 Å². The van der Waals surface area contributed by atoms with Crippen molar-refractivity contribution in [2.75, 3.05) is 47.5 Å². The van der Waals surface area contributed by atoms with Crippen LogP contribution in [0.2, 0.25) is 0 Å². The standard InChI is InChI=1S/C43H82NO8P/c1-6-8-10-12-14-16-18-20-22-24-25-27-29-31-33-35-42(45)49-39-41(40-51-53(47,48)50-38-37-44(3,4)5)52-43(46)36-34-32-30-28-26-23-21-19-17-15-13-11-9-7-2/h14,16,20,22,41H,6-13,15,17-19,21,23-40H2,1-5H3/b16-14+,22-20+. The number of hydrogen-bond donors (Lipinski definition) is 0. The second-order valence-corrected chi connectivity index (χ2v) is 17.1. The Morgan fingerprint density at radius 1 is 0.585 bits per heavy atom. The Balaban J connectivity index is 4.38. The summed E-state index contributed by atoms with van der Waals surface area (Å²) in [5, 5.41) is 0. The van der Waals surface area contributed by atoms with Gasteiger partial charge in [0.05, 0.1) is 27.7 Å². The smallest absolute Gasteiger partial charge is 0.306 e. The molecule has 0 aliphatic rings. The summed E-state index contributed by atoms with van der Waals surface area (Å²) >= 11 is 0. The van der Waals surface area contributed by atoms with Gasteiger partial charge in [0, 0.05) is 12.8 Å². The molecule has 0 amide bonds. The van der Waals surface area contributed by atoms with Crippen LogP contribution in [0.1, 0.15) is 187 Å². The van der Waals surface area contributed by atoms with E-state index in [0.717, 1.165) is 51.4 Å². The van der Waals surface area contributed by atoms with Crippen LogP contribution in [-0.2, 0) is 32.7 Å². The van der Waals surface area contributed by atoms with E-state index in [4.69, 9.17) is 18.5 Å². The molecule has 0 bridgehead atoms. The van der Waals surface area contributed by atoms with Gasteiger partial charge in [0.15, 0.2) is 6.10 Å². The van der Waals surface area contributed by atoms with Crippen LogP contribution in [0.4, 0.5) is 0 Å². The Kier molecular flexibility index (Phi) is 35.1. The van der Waals surface area contributed by atoms with E-state index in [-0.39, 0.29) is 26.1 Å². The molecule has 10 heteroatoms. The molecule has 0 fully saturated rings. The molecule has 0 saturated heterocycles. The molecule has 53 heavy (non-hydrogen) atoms. The van der Waals surface area contributed by atoms with Crippen molar-refractivity contribution in [1.82, 2.24) is 0 Å². The molecule has 0 heterocycles. The van der Waals surface area contributed by atoms with Crippen LogP contribution in [0.25, 0.3) is 0 Å². The van der Waals surface area contributed by atoms with Gasteiger partial charge in [-0.05, 0) is 44.9 Å². The number of phosphoric acid groups is 1. The van der Waals surface area contributed by atoms with Gasteiger partial charge in [0.2, 0.25) is 0 Å². The summed E-state index contributed by atoms with van der Waals surface area (Å²) in [6.45, 7) is 4.19. The number of likely N-dealkylation sites (N-methyl/N-ethyl adjacent to an activating group) is 1. The molecule has 0 N–H and O–H groups in total. The summed E-state index contributed by atoms with van der Waals surface area (Å²) in [4.78, 5) is 37.5. The molecule has 0 aromatic rings. The van der Waals surface area contributed by atoms with Crippen molar-refractivity contribution in [1.29, 1.82) is 0 Å². The van der Waals surface area contributed by atoms with Crippen molar-refractivity contribution in [3.8, 4) is 0 Å². The van der Waals surface area contributed by atoms with Gasteiger partial charge >= 0.3 is 11.9 Å². The summed E-state index contributed by atoms with van der Waals surface area (Å²) in [6, 6.07) is 0. The summed E-state index contributed by atoms with van der Waals surface area (Å²) in [7, 11) is 1.16. The fourth-order valence-electron chi connectivity index (χ4n) is 5.80. The number of carbonyl (C=O) groups excluding carboxylic acids is 2. The average molecular weight is 772 g/mol. The van der Waals surface area contributed by atoms with Gasteiger partial charge in [-0.2, -0.15) is 0 Å². The van der Waals surface area contributed by atoms with Crippen molar-refractivity contribution >= 4 is 19.8 Å². The van der Waals surface area contributed by atoms with Crippen LogP contribution in [0.15, 0.2) is 24.3 Å². The predicted octanol–water partition coefficient (Wildman–Crippen LogP) is 11.3. The molecule has 0 radical (unpaired) electrons. The minimum Gasteiger partial charge on any atom is -0.756 e. The lowest BCUT2D eigenvalue weighted by Crippen LogP contribution is -2.37. The minimum absolute atomic E-state index is 0.0314. The van der Waals surface area contributed by atoms with Gasteiger partial charge < -0.3 is 27.9 Å². The number of hydrogen-bond acceptors (Lipinski definition) is 8. The highest BCUT2D eigenvalue weighted by atomic mass is 31.2. The summed E-state index contributed by atoms with van der Waals surface area (Å²) in [6.07, 6.45) is 37.7. The van der Waals surface area contributed by atoms with Crippen molar-refractivity contribution in [3.05, 3.63) is 24.3 Å². The Labute approximate surface area is 326 Å². The SMILES string of the molecule is CCCCC/C=C/C/C=C/CCCCCCCC(=O)OCC(COP(=O)([O-])OCC[N+](C)(C)C)OC(=O)CCCCCCCCCCCCCCCC. The molecule has 0 saturated carbocycles. The zero-order valence-corrected chi connectivity index (χ0v) is 35.9. The number of esters is 2. The molecule has 0 rings (SSSR count). The van der Waals surface area contributed by atoms with Gasteiger partial charge in [0.1, 0.15) is 19.8 Å². The number of phosphoric ester groups is 1. The molecule has 0 aliphatic heterocycles. The number of quaternary nitrogens is 1. The van der Waals surface area contributed by atoms with E-state index in [1.165, 1.54) is 96.3 Å². The highest BCUT2D eigenvalue weighted by Crippen LogP contribution is 2.38. The maximum Gasteiger partial charge on any atom is 0.306 e. The van der Waals surface area contributed by atoms with Crippen LogP contribution in [0.5, 0.6) is 0 Å². The van der Waals surface area contributed by atoms with E-state index in [0.29, 0.717) is 23.9 Å². The fourth-order valence-corrected chi connectivity index (χ4v) is 6.53. The third kappa shape index (κ3) is 40.0. The van der Waals surface area contributed by atoms with Crippen LogP contribution < -0.4 is 4.89 Å². The number of rotatable bonds is 39. The van der Waals surface area contributed by atoms with Crippen LogP contribution >= 0.6 is 7.82 Å². The third-order valence-corrected chi connectivity index (χ3v) is 10.2. The van der Waals surface area contributed by atoms with Crippen LogP contribution in [-0.4, -0.2) is 70.0 Å². The van der Waals surface area contributed by atoms with Gasteiger partial charge in [-0.1, -0.05) is 154 Å². The number of nitrogens with zero attached hydrogens (tertiary/aromatic N) is 1. The first-order chi connectivity index (χ1) is 25.5. The highest BCUT2D eigenvalue weighted by molar-refractivity contribution is 7.45. The van der Waals surface area contributed by atoms with Crippen LogP contribution in [0, 0.1) is 0 Å². The largest absolute Gasteiger partial charge is 0.756 e. The molecule has 9 nitrogen and oxygen atoms in total. The van der Waals surface area contributed by atoms with Gasteiger partial charge in [-0.3, -0.25) is 14.2 Å². The molecule has 312 valence electrons. The Morgan fingerprint density at radius 2 is 1.02 bits per heavy atom. The Hall–Kier alpha value is -1.51. The lowest BCUT2D eigenvalue weighted by atomic mass is 10.0. The lowest BCUT2D eigenvalue weighted by Gasteiger charge is -2.28. The third-order valence-electron chi connectivity index (χ3n) is 9.22. The highest BCUT2D eigenvalue weighted by Gasteiger charge is 2.21. The number of unbranched alkanes of at least 4 members (excludes halogenated alkanes) is 21. The number of ether oxygens (including phenoxy) is 2. The zero-order valence-electron chi connectivity index (χ0n) is 35.0. The van der Waals surface area contributed by atoms with Gasteiger partial charge in [-0.25, -0.2) is 0 Å². The predicted molar refractivity (Wildman–Crippen MR) is 218 cm³/mol. The minimum atomic E-state index is -4.62. The number of carbonyl (C=O) groups is 2.